The fraction of sp³-hybridized carbons (Fsp3) is 0.562. The monoisotopic (exact) mass is 289 g/mol. The van der Waals surface area contributed by atoms with Crippen molar-refractivity contribution in [3.63, 3.8) is 0 Å². The van der Waals surface area contributed by atoms with Crippen LogP contribution in [0.25, 0.3) is 10.2 Å². The molecule has 1 atom stereocenters. The summed E-state index contributed by atoms with van der Waals surface area (Å²) < 4.78 is 1.20. The van der Waals surface area contributed by atoms with Crippen molar-refractivity contribution in [3.05, 3.63) is 17.1 Å². The summed E-state index contributed by atoms with van der Waals surface area (Å²) in [6.07, 6.45) is 5.20. The van der Waals surface area contributed by atoms with Crippen LogP contribution >= 0.6 is 11.3 Å². The molecule has 2 aromatic rings. The Balaban J connectivity index is 1.90. The van der Waals surface area contributed by atoms with Gasteiger partial charge >= 0.3 is 0 Å². The van der Waals surface area contributed by atoms with Crippen LogP contribution in [0.2, 0.25) is 0 Å². The molecule has 0 aliphatic carbocycles. The zero-order valence-corrected chi connectivity index (χ0v) is 13.2. The summed E-state index contributed by atoms with van der Waals surface area (Å²) in [5.74, 6) is 0.881. The summed E-state index contributed by atoms with van der Waals surface area (Å²) in [4.78, 5) is 7.06. The first-order valence-corrected chi connectivity index (χ1v) is 8.40. The van der Waals surface area contributed by atoms with Crippen LogP contribution in [0.4, 0.5) is 11.4 Å². The third kappa shape index (κ3) is 2.62. The molecule has 3 rings (SSSR count). The fourth-order valence-electron chi connectivity index (χ4n) is 3.18. The Hall–Kier alpha value is -1.29. The second-order valence-electron chi connectivity index (χ2n) is 5.80. The minimum atomic E-state index is 0.881. The predicted octanol–water partition coefficient (Wildman–Crippen LogP) is 4.20. The smallest absolute Gasteiger partial charge is 0.0907 e. The average Bonchev–Trinajstić information content (AvgIpc) is 2.64. The number of anilines is 2. The number of fused-ring (bicyclic) bond motifs is 1. The summed E-state index contributed by atoms with van der Waals surface area (Å²) in [6.45, 7) is 6.60. The van der Waals surface area contributed by atoms with Gasteiger partial charge in [0.2, 0.25) is 0 Å². The van der Waals surface area contributed by atoms with Gasteiger partial charge in [0.25, 0.3) is 0 Å². The van der Waals surface area contributed by atoms with Crippen molar-refractivity contribution in [2.75, 3.05) is 23.7 Å². The first-order chi connectivity index (χ1) is 9.67. The summed E-state index contributed by atoms with van der Waals surface area (Å²) in [7, 11) is 0. The Kier molecular flexibility index (Phi) is 3.83. The lowest BCUT2D eigenvalue weighted by Gasteiger charge is -2.24. The number of rotatable bonds is 2. The van der Waals surface area contributed by atoms with E-state index in [4.69, 9.17) is 5.73 Å². The van der Waals surface area contributed by atoms with Gasteiger partial charge in [0.15, 0.2) is 0 Å². The number of aromatic nitrogens is 1. The number of benzene rings is 1. The van der Waals surface area contributed by atoms with Crippen LogP contribution in [0, 0.1) is 12.8 Å². The normalized spacial score (nSPS) is 20.3. The van der Waals surface area contributed by atoms with E-state index >= 15 is 0 Å². The maximum Gasteiger partial charge on any atom is 0.0907 e. The highest BCUT2D eigenvalue weighted by Crippen LogP contribution is 2.34. The molecule has 0 radical (unpaired) electrons. The molecule has 3 nitrogen and oxygen atoms in total. The van der Waals surface area contributed by atoms with Gasteiger partial charge in [-0.05, 0) is 44.2 Å². The topological polar surface area (TPSA) is 42.2 Å². The van der Waals surface area contributed by atoms with Gasteiger partial charge in [0, 0.05) is 13.1 Å². The zero-order chi connectivity index (χ0) is 14.1. The lowest BCUT2D eigenvalue weighted by atomic mass is 9.98. The molecule has 1 fully saturated rings. The maximum absolute atomic E-state index is 6.28. The SMILES string of the molecule is CCC1CCCN(c2cc3nc(C)sc3cc2N)CC1. The molecule has 1 aromatic carbocycles. The van der Waals surface area contributed by atoms with Crippen LogP contribution < -0.4 is 10.6 Å². The van der Waals surface area contributed by atoms with Gasteiger partial charge in [-0.25, -0.2) is 4.98 Å². The Morgan fingerprint density at radius 3 is 3.00 bits per heavy atom. The number of thiazole rings is 1. The number of aryl methyl sites for hydroxylation is 1. The summed E-state index contributed by atoms with van der Waals surface area (Å²) in [6, 6.07) is 4.28. The summed E-state index contributed by atoms with van der Waals surface area (Å²) >= 11 is 1.72. The third-order valence-electron chi connectivity index (χ3n) is 4.41. The number of nitrogens with two attached hydrogens (primary N) is 1. The van der Waals surface area contributed by atoms with Crippen molar-refractivity contribution in [2.24, 2.45) is 5.92 Å². The number of nitrogen functional groups attached to an aromatic ring is 1. The van der Waals surface area contributed by atoms with Crippen LogP contribution in [0.5, 0.6) is 0 Å². The van der Waals surface area contributed by atoms with E-state index in [1.165, 1.54) is 36.1 Å². The standard InChI is InChI=1S/C16H23N3S/c1-3-12-5-4-7-19(8-6-12)15-10-14-16(9-13(15)17)20-11(2)18-14/h9-10,12H,3-8,17H2,1-2H3. The molecule has 0 spiro atoms. The number of hydrogen-bond donors (Lipinski definition) is 1. The van der Waals surface area contributed by atoms with Gasteiger partial charge in [-0.15, -0.1) is 11.3 Å². The largest absolute Gasteiger partial charge is 0.397 e. The van der Waals surface area contributed by atoms with Crippen molar-refractivity contribution in [1.29, 1.82) is 0 Å². The van der Waals surface area contributed by atoms with E-state index in [1.54, 1.807) is 11.3 Å². The second kappa shape index (κ2) is 5.60. The van der Waals surface area contributed by atoms with Crippen molar-refractivity contribution in [1.82, 2.24) is 4.98 Å². The number of nitrogens with zero attached hydrogens (tertiary/aromatic N) is 2. The molecule has 2 N–H and O–H groups in total. The minimum Gasteiger partial charge on any atom is -0.397 e. The fourth-order valence-corrected chi connectivity index (χ4v) is 4.04. The minimum absolute atomic E-state index is 0.881. The van der Waals surface area contributed by atoms with Gasteiger partial charge in [-0.1, -0.05) is 13.3 Å². The van der Waals surface area contributed by atoms with E-state index in [-0.39, 0.29) is 0 Å². The molecule has 1 saturated heterocycles. The second-order valence-corrected chi connectivity index (χ2v) is 7.04. The van der Waals surface area contributed by atoms with Crippen LogP contribution in [0.1, 0.15) is 37.6 Å². The van der Waals surface area contributed by atoms with Crippen LogP contribution in [0.15, 0.2) is 12.1 Å². The van der Waals surface area contributed by atoms with Crippen molar-refractivity contribution >= 4 is 32.9 Å². The van der Waals surface area contributed by atoms with Gasteiger partial charge in [-0.2, -0.15) is 0 Å². The van der Waals surface area contributed by atoms with E-state index < -0.39 is 0 Å². The molecule has 0 amide bonds. The average molecular weight is 289 g/mol. The van der Waals surface area contributed by atoms with Gasteiger partial charge in [0.05, 0.1) is 26.6 Å². The van der Waals surface area contributed by atoms with Gasteiger partial charge < -0.3 is 10.6 Å². The molecule has 1 aromatic heterocycles. The highest BCUT2D eigenvalue weighted by atomic mass is 32.1. The lowest BCUT2D eigenvalue weighted by molar-refractivity contribution is 0.459. The number of hydrogen-bond acceptors (Lipinski definition) is 4. The Labute approximate surface area is 124 Å². The quantitative estimate of drug-likeness (QED) is 0.842. The highest BCUT2D eigenvalue weighted by Gasteiger charge is 2.18. The Bertz CT molecular complexity index is 605. The Morgan fingerprint density at radius 2 is 2.20 bits per heavy atom. The van der Waals surface area contributed by atoms with E-state index in [9.17, 15) is 0 Å². The van der Waals surface area contributed by atoms with Crippen LogP contribution in [0.3, 0.4) is 0 Å². The summed E-state index contributed by atoms with van der Waals surface area (Å²) in [5, 5.41) is 1.11. The molecule has 4 heteroatoms. The van der Waals surface area contributed by atoms with Crippen molar-refractivity contribution in [2.45, 2.75) is 39.5 Å². The molecular weight excluding hydrogens is 266 g/mol. The molecular formula is C16H23N3S. The van der Waals surface area contributed by atoms with Crippen molar-refractivity contribution in [3.8, 4) is 0 Å². The molecule has 1 aliphatic heterocycles. The molecule has 20 heavy (non-hydrogen) atoms. The van der Waals surface area contributed by atoms with E-state index in [2.05, 4.69) is 35.9 Å². The predicted molar refractivity (Wildman–Crippen MR) is 88.6 cm³/mol. The molecule has 1 unspecified atom stereocenters. The van der Waals surface area contributed by atoms with Crippen LogP contribution in [-0.2, 0) is 0 Å². The zero-order valence-electron chi connectivity index (χ0n) is 12.4. The molecule has 2 heterocycles. The van der Waals surface area contributed by atoms with Crippen LogP contribution in [-0.4, -0.2) is 18.1 Å². The lowest BCUT2D eigenvalue weighted by Crippen LogP contribution is -2.25. The van der Waals surface area contributed by atoms with Gasteiger partial charge in [0.1, 0.15) is 0 Å². The van der Waals surface area contributed by atoms with Crippen molar-refractivity contribution < 1.29 is 0 Å². The Morgan fingerprint density at radius 1 is 1.35 bits per heavy atom. The molecule has 108 valence electrons. The first-order valence-electron chi connectivity index (χ1n) is 7.59. The third-order valence-corrected chi connectivity index (χ3v) is 5.34. The molecule has 0 saturated carbocycles. The van der Waals surface area contributed by atoms with E-state index in [0.29, 0.717) is 0 Å². The first kappa shape index (κ1) is 13.7. The van der Waals surface area contributed by atoms with Gasteiger partial charge in [-0.3, -0.25) is 0 Å². The highest BCUT2D eigenvalue weighted by molar-refractivity contribution is 7.18. The molecule has 1 aliphatic rings. The van der Waals surface area contributed by atoms with E-state index in [1.807, 2.05) is 0 Å². The van der Waals surface area contributed by atoms with E-state index in [0.717, 1.165) is 35.2 Å². The maximum atomic E-state index is 6.28. The summed E-state index contributed by atoms with van der Waals surface area (Å²) in [5.41, 5.74) is 9.45. The molecule has 0 bridgehead atoms.